The Morgan fingerprint density at radius 1 is 1.28 bits per heavy atom. The molecule has 1 aromatic rings. The molecule has 1 unspecified atom stereocenters. The van der Waals surface area contributed by atoms with Gasteiger partial charge in [0.15, 0.2) is 5.03 Å². The minimum absolute atomic E-state index is 0.0505. The maximum atomic E-state index is 10.9. The summed E-state index contributed by atoms with van der Waals surface area (Å²) in [5, 5.41) is 29.4. The first kappa shape index (κ1) is 13.4. The van der Waals surface area contributed by atoms with Gasteiger partial charge in [-0.1, -0.05) is 18.2 Å². The van der Waals surface area contributed by atoms with Crippen LogP contribution in [0.5, 0.6) is 0 Å². The van der Waals surface area contributed by atoms with Gasteiger partial charge in [0, 0.05) is 0 Å². The fourth-order valence-electron chi connectivity index (χ4n) is 1.36. The molecule has 0 aromatic heterocycles. The number of rotatable bonds is 6. The Bertz CT molecular complexity index is 463. The third kappa shape index (κ3) is 3.14. The summed E-state index contributed by atoms with van der Waals surface area (Å²) >= 11 is 0. The zero-order chi connectivity index (χ0) is 13.7. The number of carbonyl (C=O) groups is 1. The van der Waals surface area contributed by atoms with Crippen LogP contribution in [0, 0.1) is 20.2 Å². The van der Waals surface area contributed by atoms with E-state index in [9.17, 15) is 25.0 Å². The van der Waals surface area contributed by atoms with Crippen molar-refractivity contribution in [3.05, 3.63) is 50.6 Å². The van der Waals surface area contributed by atoms with Gasteiger partial charge in [-0.15, -0.1) is 0 Å². The van der Waals surface area contributed by atoms with E-state index < -0.39 is 28.5 Å². The van der Waals surface area contributed by atoms with Crippen molar-refractivity contribution in [3.8, 4) is 0 Å². The van der Waals surface area contributed by atoms with Crippen LogP contribution in [0.4, 0.5) is 5.69 Å². The topological polar surface area (TPSA) is 127 Å². The normalized spacial score (nSPS) is 11.6. The number of benzene rings is 1. The van der Waals surface area contributed by atoms with Gasteiger partial charge in [0.05, 0.1) is 4.92 Å². The highest BCUT2D eigenvalue weighted by atomic mass is 16.7. The quantitative estimate of drug-likeness (QED) is 0.451. The Balaban J connectivity index is 3.13. The lowest BCUT2D eigenvalue weighted by Crippen LogP contribution is -2.46. The van der Waals surface area contributed by atoms with Gasteiger partial charge in [-0.2, -0.15) is 0 Å². The lowest BCUT2D eigenvalue weighted by molar-refractivity contribution is -0.598. The summed E-state index contributed by atoms with van der Waals surface area (Å²) in [5.41, 5.74) is -0.0505. The molecule has 0 amide bonds. The summed E-state index contributed by atoms with van der Waals surface area (Å²) in [6.45, 7) is 0. The molecule has 9 heteroatoms. The number of anilines is 1. The van der Waals surface area contributed by atoms with E-state index in [1.54, 1.807) is 6.07 Å². The molecule has 0 aliphatic carbocycles. The maximum Gasteiger partial charge on any atom is 0.352 e. The number of hydrazine groups is 1. The third-order valence-electron chi connectivity index (χ3n) is 2.08. The average Bonchev–Trinajstić information content (AvgIpc) is 2.28. The molecule has 0 heterocycles. The standard InChI is InChI=1S/C9H9N3O6/c13-9(14)6-8(11(15)16)10(12(17)18)7-4-2-1-3-5-7/h1-5,8H,6H2,(H,13,14). The van der Waals surface area contributed by atoms with Crippen molar-refractivity contribution in [2.45, 2.75) is 12.6 Å². The fourth-order valence-corrected chi connectivity index (χ4v) is 1.36. The van der Waals surface area contributed by atoms with E-state index in [4.69, 9.17) is 5.11 Å². The van der Waals surface area contributed by atoms with Crippen LogP contribution in [0.25, 0.3) is 0 Å². The second kappa shape index (κ2) is 5.57. The van der Waals surface area contributed by atoms with E-state index >= 15 is 0 Å². The Kier molecular flexibility index (Phi) is 4.13. The minimum atomic E-state index is -1.96. The minimum Gasteiger partial charge on any atom is -0.481 e. The summed E-state index contributed by atoms with van der Waals surface area (Å²) in [5.74, 6) is -1.49. The molecule has 0 aliphatic heterocycles. The van der Waals surface area contributed by atoms with Crippen LogP contribution >= 0.6 is 0 Å². The van der Waals surface area contributed by atoms with Gasteiger partial charge in [0.1, 0.15) is 12.1 Å². The first-order valence-corrected chi connectivity index (χ1v) is 4.77. The van der Waals surface area contributed by atoms with Crippen LogP contribution in [0.2, 0.25) is 0 Å². The molecule has 0 saturated heterocycles. The van der Waals surface area contributed by atoms with E-state index in [-0.39, 0.29) is 10.7 Å². The molecule has 0 aliphatic rings. The van der Waals surface area contributed by atoms with Crippen molar-refractivity contribution in [2.24, 2.45) is 0 Å². The Morgan fingerprint density at radius 3 is 2.22 bits per heavy atom. The van der Waals surface area contributed by atoms with Gasteiger partial charge in [-0.3, -0.25) is 14.9 Å². The van der Waals surface area contributed by atoms with Crippen molar-refractivity contribution < 1.29 is 19.9 Å². The van der Waals surface area contributed by atoms with Gasteiger partial charge in [0.25, 0.3) is 0 Å². The molecule has 96 valence electrons. The predicted molar refractivity (Wildman–Crippen MR) is 59.0 cm³/mol. The molecule has 0 spiro atoms. The Labute approximate surface area is 101 Å². The first-order chi connectivity index (χ1) is 8.43. The van der Waals surface area contributed by atoms with Crippen LogP contribution in [0.1, 0.15) is 6.42 Å². The van der Waals surface area contributed by atoms with Crippen LogP contribution < -0.4 is 5.01 Å². The van der Waals surface area contributed by atoms with Crippen LogP contribution in [0.15, 0.2) is 30.3 Å². The smallest absolute Gasteiger partial charge is 0.352 e. The first-order valence-electron chi connectivity index (χ1n) is 4.77. The summed E-state index contributed by atoms with van der Waals surface area (Å²) < 4.78 is 0. The van der Waals surface area contributed by atoms with E-state index in [1.807, 2.05) is 0 Å². The SMILES string of the molecule is O=C(O)CC(N(c1ccccc1)[N+](=O)[O-])[N+](=O)[O-]. The monoisotopic (exact) mass is 255 g/mol. The summed E-state index contributed by atoms with van der Waals surface area (Å²) in [6, 6.07) is 7.09. The second-order valence-electron chi connectivity index (χ2n) is 3.28. The van der Waals surface area contributed by atoms with Crippen molar-refractivity contribution in [3.63, 3.8) is 0 Å². The predicted octanol–water partition coefficient (Wildman–Crippen LogP) is 0.762. The number of nitrogens with zero attached hydrogens (tertiary/aromatic N) is 3. The Hall–Kier alpha value is -2.71. The molecular weight excluding hydrogens is 246 g/mol. The molecule has 1 aromatic carbocycles. The van der Waals surface area contributed by atoms with Crippen molar-refractivity contribution in [1.29, 1.82) is 0 Å². The van der Waals surface area contributed by atoms with E-state index in [1.165, 1.54) is 24.3 Å². The van der Waals surface area contributed by atoms with Crippen LogP contribution in [-0.2, 0) is 4.79 Å². The van der Waals surface area contributed by atoms with Gasteiger partial charge in [-0.05, 0) is 17.1 Å². The van der Waals surface area contributed by atoms with Gasteiger partial charge in [0.2, 0.25) is 0 Å². The molecule has 0 bridgehead atoms. The average molecular weight is 255 g/mol. The summed E-state index contributed by atoms with van der Waals surface area (Å²) in [6.07, 6.45) is -2.93. The largest absolute Gasteiger partial charge is 0.481 e. The second-order valence-corrected chi connectivity index (χ2v) is 3.28. The van der Waals surface area contributed by atoms with Gasteiger partial charge < -0.3 is 5.11 Å². The third-order valence-corrected chi connectivity index (χ3v) is 2.08. The number of nitro groups is 2. The number of hydrogen-bond acceptors (Lipinski definition) is 5. The number of carboxylic acids is 1. The molecule has 1 atom stereocenters. The highest BCUT2D eigenvalue weighted by Crippen LogP contribution is 2.18. The number of aliphatic carboxylic acids is 1. The molecule has 0 saturated carbocycles. The van der Waals surface area contributed by atoms with Crippen LogP contribution in [0.3, 0.4) is 0 Å². The molecular formula is C9H9N3O6. The van der Waals surface area contributed by atoms with Gasteiger partial charge >= 0.3 is 12.1 Å². The molecule has 0 fully saturated rings. The zero-order valence-corrected chi connectivity index (χ0v) is 9.00. The number of carboxylic acid groups (broad SMARTS) is 1. The zero-order valence-electron chi connectivity index (χ0n) is 9.00. The number of hydrogen-bond donors (Lipinski definition) is 1. The van der Waals surface area contributed by atoms with E-state index in [0.717, 1.165) is 0 Å². The lowest BCUT2D eigenvalue weighted by atomic mass is 10.2. The van der Waals surface area contributed by atoms with E-state index in [0.29, 0.717) is 0 Å². The number of para-hydroxylation sites is 1. The molecule has 9 nitrogen and oxygen atoms in total. The van der Waals surface area contributed by atoms with Crippen molar-refractivity contribution >= 4 is 11.7 Å². The highest BCUT2D eigenvalue weighted by Gasteiger charge is 2.39. The van der Waals surface area contributed by atoms with Crippen molar-refractivity contribution in [2.75, 3.05) is 5.01 Å². The Morgan fingerprint density at radius 2 is 1.83 bits per heavy atom. The van der Waals surface area contributed by atoms with Gasteiger partial charge in [-0.25, -0.2) is 10.1 Å². The molecule has 1 rings (SSSR count). The fraction of sp³-hybridized carbons (Fsp3) is 0.222. The van der Waals surface area contributed by atoms with Crippen LogP contribution in [-0.4, -0.2) is 27.2 Å². The van der Waals surface area contributed by atoms with Crippen molar-refractivity contribution in [1.82, 2.24) is 0 Å². The molecule has 18 heavy (non-hydrogen) atoms. The summed E-state index contributed by atoms with van der Waals surface area (Å²) in [7, 11) is 0. The van der Waals surface area contributed by atoms with E-state index in [2.05, 4.69) is 0 Å². The lowest BCUT2D eigenvalue weighted by Gasteiger charge is -2.16. The molecule has 1 N–H and O–H groups in total. The summed E-state index contributed by atoms with van der Waals surface area (Å²) in [4.78, 5) is 31.1. The highest BCUT2D eigenvalue weighted by molar-refractivity contribution is 5.68. The molecule has 0 radical (unpaired) electrons. The maximum absolute atomic E-state index is 10.9.